The van der Waals surface area contributed by atoms with Crippen molar-refractivity contribution in [3.8, 4) is 0 Å². The van der Waals surface area contributed by atoms with E-state index in [0.29, 0.717) is 6.61 Å². The normalized spacial score (nSPS) is 12.5. The summed E-state index contributed by atoms with van der Waals surface area (Å²) in [5.41, 5.74) is 0.313. The van der Waals surface area contributed by atoms with Gasteiger partial charge in [0, 0.05) is 12.4 Å². The lowest BCUT2D eigenvalue weighted by molar-refractivity contribution is -0.306. The molecule has 0 saturated heterocycles. The molecule has 1 atom stereocenters. The highest BCUT2D eigenvalue weighted by atomic mass is 16.6. The second-order valence-corrected chi connectivity index (χ2v) is 5.92. The van der Waals surface area contributed by atoms with E-state index in [0.717, 1.165) is 5.56 Å². The third-order valence-electron chi connectivity index (χ3n) is 2.56. The summed E-state index contributed by atoms with van der Waals surface area (Å²) in [7, 11) is 0. The topological polar surface area (TPSA) is 87.7 Å². The molecule has 0 fully saturated rings. The molecule has 22 heavy (non-hydrogen) atoms. The summed E-state index contributed by atoms with van der Waals surface area (Å²) in [5.74, 6) is -1.26. The number of hydrogen-bond donors (Lipinski definition) is 1. The predicted octanol–water partition coefficient (Wildman–Crippen LogP) is 1.24. The van der Waals surface area contributed by atoms with E-state index in [2.05, 4.69) is 5.32 Å². The highest BCUT2D eigenvalue weighted by Crippen LogP contribution is 2.08. The zero-order chi connectivity index (χ0) is 16.6. The molecule has 0 spiro atoms. The Bertz CT molecular complexity index is 481. The van der Waals surface area contributed by atoms with Crippen molar-refractivity contribution in [2.24, 2.45) is 0 Å². The molecule has 1 aromatic rings. The molecule has 1 amide bonds. The molecule has 0 radical (unpaired) electrons. The Labute approximate surface area is 130 Å². The van der Waals surface area contributed by atoms with E-state index in [1.165, 1.54) is 0 Å². The molecule has 122 valence electrons. The molecule has 1 aromatic carbocycles. The van der Waals surface area contributed by atoms with Crippen LogP contribution in [0.25, 0.3) is 0 Å². The Morgan fingerprint density at radius 3 is 2.41 bits per heavy atom. The molecule has 1 rings (SSSR count). The van der Waals surface area contributed by atoms with Crippen molar-refractivity contribution in [3.05, 3.63) is 35.9 Å². The zero-order valence-electron chi connectivity index (χ0n) is 13.1. The number of carboxylic acid groups (broad SMARTS) is 1. The number of carbonyl (C=O) groups excluding carboxylic acids is 2. The van der Waals surface area contributed by atoms with Crippen molar-refractivity contribution in [1.29, 1.82) is 0 Å². The Morgan fingerprint density at radius 2 is 1.86 bits per heavy atom. The fourth-order valence-corrected chi connectivity index (χ4v) is 1.72. The van der Waals surface area contributed by atoms with Crippen LogP contribution in [0.15, 0.2) is 30.3 Å². The van der Waals surface area contributed by atoms with Gasteiger partial charge in [-0.05, 0) is 26.3 Å². The Hall–Kier alpha value is -2.08. The first-order valence-electron chi connectivity index (χ1n) is 7.07. The first-order chi connectivity index (χ1) is 10.3. The van der Waals surface area contributed by atoms with Gasteiger partial charge < -0.3 is 24.7 Å². The monoisotopic (exact) mass is 308 g/mol. The number of hydrogen-bond acceptors (Lipinski definition) is 5. The predicted molar refractivity (Wildman–Crippen MR) is 78.9 cm³/mol. The van der Waals surface area contributed by atoms with Gasteiger partial charge in [0.2, 0.25) is 0 Å². The summed E-state index contributed by atoms with van der Waals surface area (Å²) >= 11 is 0. The number of nitrogens with one attached hydrogen (secondary N) is 1. The van der Waals surface area contributed by atoms with Crippen LogP contribution in [0.1, 0.15) is 32.8 Å². The first-order valence-corrected chi connectivity index (χ1v) is 7.07. The maximum atomic E-state index is 11.7. The molecule has 0 aliphatic rings. The van der Waals surface area contributed by atoms with Crippen LogP contribution in [0.3, 0.4) is 0 Å². The minimum Gasteiger partial charge on any atom is -0.550 e. The summed E-state index contributed by atoms with van der Waals surface area (Å²) in [5, 5.41) is 13.2. The van der Waals surface area contributed by atoms with E-state index in [9.17, 15) is 14.7 Å². The van der Waals surface area contributed by atoms with E-state index in [1.807, 2.05) is 30.3 Å². The third kappa shape index (κ3) is 8.26. The minimum absolute atomic E-state index is 0.0577. The number of aliphatic carboxylic acids is 1. The van der Waals surface area contributed by atoms with Crippen molar-refractivity contribution in [3.63, 3.8) is 0 Å². The number of carbonyl (C=O) groups is 2. The highest BCUT2D eigenvalue weighted by Gasteiger charge is 2.19. The fourth-order valence-electron chi connectivity index (χ4n) is 1.72. The number of carboxylic acids is 1. The van der Waals surface area contributed by atoms with Crippen LogP contribution in [-0.2, 0) is 20.9 Å². The van der Waals surface area contributed by atoms with Crippen LogP contribution in [0.4, 0.5) is 4.79 Å². The van der Waals surface area contributed by atoms with Crippen molar-refractivity contribution >= 4 is 12.1 Å². The lowest BCUT2D eigenvalue weighted by Gasteiger charge is -2.24. The summed E-state index contributed by atoms with van der Waals surface area (Å²) in [6, 6.07) is 8.76. The lowest BCUT2D eigenvalue weighted by atomic mass is 10.2. The molecule has 0 aliphatic heterocycles. The molecule has 0 bridgehead atoms. The fraction of sp³-hybridized carbons (Fsp3) is 0.500. The third-order valence-corrected chi connectivity index (χ3v) is 2.56. The number of benzene rings is 1. The SMILES string of the molecule is CC(C)(C)OC(=O)N[C@@H](COCc1ccccc1)CC(=O)[O-]. The largest absolute Gasteiger partial charge is 0.550 e. The Balaban J connectivity index is 2.46. The average Bonchev–Trinajstić information content (AvgIpc) is 2.36. The number of rotatable bonds is 7. The molecular weight excluding hydrogens is 286 g/mol. The second kappa shape index (κ2) is 8.38. The van der Waals surface area contributed by atoms with Crippen LogP contribution in [0, 0.1) is 0 Å². The molecule has 0 aliphatic carbocycles. The molecule has 0 saturated carbocycles. The van der Waals surface area contributed by atoms with E-state index in [4.69, 9.17) is 9.47 Å². The Morgan fingerprint density at radius 1 is 1.23 bits per heavy atom. The Kier molecular flexibility index (Phi) is 6.85. The number of ether oxygens (including phenoxy) is 2. The van der Waals surface area contributed by atoms with E-state index >= 15 is 0 Å². The summed E-state index contributed by atoms with van der Waals surface area (Å²) < 4.78 is 10.5. The molecule has 0 heterocycles. The standard InChI is InChI=1S/C16H23NO5/c1-16(2,3)22-15(20)17-13(9-14(18)19)11-21-10-12-7-5-4-6-8-12/h4-8,13H,9-11H2,1-3H3,(H,17,20)(H,18,19)/p-1/t13-/m1/s1. The van der Waals surface area contributed by atoms with Crippen LogP contribution in [0.5, 0.6) is 0 Å². The van der Waals surface area contributed by atoms with Gasteiger partial charge in [0.15, 0.2) is 0 Å². The van der Waals surface area contributed by atoms with Crippen LogP contribution in [-0.4, -0.2) is 30.3 Å². The van der Waals surface area contributed by atoms with Crippen LogP contribution < -0.4 is 10.4 Å². The van der Waals surface area contributed by atoms with Crippen molar-refractivity contribution < 1.29 is 24.2 Å². The van der Waals surface area contributed by atoms with Gasteiger partial charge in [0.05, 0.1) is 19.3 Å². The zero-order valence-corrected chi connectivity index (χ0v) is 13.1. The number of amides is 1. The van der Waals surface area contributed by atoms with Crippen molar-refractivity contribution in [2.45, 2.75) is 45.4 Å². The molecule has 0 unspecified atom stereocenters. The first kappa shape index (κ1) is 18.0. The van der Waals surface area contributed by atoms with Gasteiger partial charge in [-0.2, -0.15) is 0 Å². The van der Waals surface area contributed by atoms with E-state index < -0.39 is 23.7 Å². The van der Waals surface area contributed by atoms with Gasteiger partial charge in [0.25, 0.3) is 0 Å². The van der Waals surface area contributed by atoms with E-state index in [-0.39, 0.29) is 13.0 Å². The van der Waals surface area contributed by atoms with Gasteiger partial charge in [-0.3, -0.25) is 0 Å². The molecule has 1 N–H and O–H groups in total. The summed E-state index contributed by atoms with van der Waals surface area (Å²) in [4.78, 5) is 22.4. The van der Waals surface area contributed by atoms with Gasteiger partial charge in [0.1, 0.15) is 5.60 Å². The van der Waals surface area contributed by atoms with Crippen LogP contribution >= 0.6 is 0 Å². The average molecular weight is 308 g/mol. The summed E-state index contributed by atoms with van der Waals surface area (Å²) in [6.07, 6.45) is -1.02. The van der Waals surface area contributed by atoms with Gasteiger partial charge in [-0.25, -0.2) is 4.79 Å². The minimum atomic E-state index is -1.26. The maximum absolute atomic E-state index is 11.7. The highest BCUT2D eigenvalue weighted by molar-refractivity contribution is 5.70. The maximum Gasteiger partial charge on any atom is 0.407 e. The summed E-state index contributed by atoms with van der Waals surface area (Å²) in [6.45, 7) is 5.58. The number of alkyl carbamates (subject to hydrolysis) is 1. The smallest absolute Gasteiger partial charge is 0.407 e. The van der Waals surface area contributed by atoms with Crippen LogP contribution in [0.2, 0.25) is 0 Å². The van der Waals surface area contributed by atoms with Gasteiger partial charge in [-0.15, -0.1) is 0 Å². The van der Waals surface area contributed by atoms with Crippen molar-refractivity contribution in [1.82, 2.24) is 5.32 Å². The van der Waals surface area contributed by atoms with Gasteiger partial charge in [-0.1, -0.05) is 30.3 Å². The quantitative estimate of drug-likeness (QED) is 0.818. The molecule has 6 nitrogen and oxygen atoms in total. The van der Waals surface area contributed by atoms with E-state index in [1.54, 1.807) is 20.8 Å². The molecule has 6 heteroatoms. The second-order valence-electron chi connectivity index (χ2n) is 5.92. The molecule has 0 aromatic heterocycles. The van der Waals surface area contributed by atoms with Crippen molar-refractivity contribution in [2.75, 3.05) is 6.61 Å². The lowest BCUT2D eigenvalue weighted by Crippen LogP contribution is -2.44. The van der Waals surface area contributed by atoms with Gasteiger partial charge >= 0.3 is 6.09 Å². The molecular formula is C16H22NO5-.